The van der Waals surface area contributed by atoms with Gasteiger partial charge < -0.3 is 16.0 Å². The van der Waals surface area contributed by atoms with E-state index in [4.69, 9.17) is 5.73 Å². The Kier molecular flexibility index (Phi) is 15.2. The lowest BCUT2D eigenvalue weighted by molar-refractivity contribution is -0.122. The van der Waals surface area contributed by atoms with Crippen LogP contribution in [0.1, 0.15) is 26.7 Å². The Balaban J connectivity index is 0. The van der Waals surface area contributed by atoms with Crippen LogP contribution in [-0.4, -0.2) is 55.6 Å². The fraction of sp³-hybridized carbons (Fsp3) is 0.611. The van der Waals surface area contributed by atoms with Crippen LogP contribution in [0.2, 0.25) is 0 Å². The van der Waals surface area contributed by atoms with E-state index in [1.165, 1.54) is 5.69 Å². The van der Waals surface area contributed by atoms with Crippen molar-refractivity contribution in [2.24, 2.45) is 5.73 Å². The van der Waals surface area contributed by atoms with Crippen molar-refractivity contribution >= 4 is 48.8 Å². The highest BCUT2D eigenvalue weighted by molar-refractivity contribution is 5.86. The minimum Gasteiger partial charge on any atom is -0.369 e. The van der Waals surface area contributed by atoms with Crippen molar-refractivity contribution in [2.45, 2.75) is 38.8 Å². The van der Waals surface area contributed by atoms with Crippen molar-refractivity contribution in [1.29, 1.82) is 0 Å². The van der Waals surface area contributed by atoms with Gasteiger partial charge in [0, 0.05) is 56.9 Å². The van der Waals surface area contributed by atoms with Gasteiger partial charge in [-0.3, -0.25) is 9.69 Å². The Bertz CT molecular complexity index is 483. The molecule has 2 rings (SSSR count). The smallest absolute Gasteiger partial charge is 0.220 e. The molecule has 3 N–H and O–H groups in total. The molecule has 1 saturated heterocycles. The molecule has 26 heavy (non-hydrogen) atoms. The van der Waals surface area contributed by atoms with Crippen molar-refractivity contribution in [1.82, 2.24) is 10.2 Å². The van der Waals surface area contributed by atoms with Crippen LogP contribution in [0.4, 0.5) is 5.69 Å². The number of benzene rings is 1. The fourth-order valence-corrected chi connectivity index (χ4v) is 2.97. The zero-order valence-electron chi connectivity index (χ0n) is 15.6. The molecule has 1 aromatic carbocycles. The number of piperazine rings is 1. The van der Waals surface area contributed by atoms with Gasteiger partial charge >= 0.3 is 0 Å². The molecule has 0 aliphatic carbocycles. The summed E-state index contributed by atoms with van der Waals surface area (Å²) in [6.07, 6.45) is 1.26. The van der Waals surface area contributed by atoms with Crippen LogP contribution in [0.25, 0.3) is 0 Å². The van der Waals surface area contributed by atoms with Crippen molar-refractivity contribution in [3.8, 4) is 0 Å². The minimum absolute atomic E-state index is 0. The lowest BCUT2D eigenvalue weighted by atomic mass is 10.2. The van der Waals surface area contributed by atoms with E-state index in [-0.39, 0.29) is 55.2 Å². The number of nitrogens with two attached hydrogens (primary N) is 1. The first-order valence-corrected chi connectivity index (χ1v) is 8.62. The number of nitrogens with one attached hydrogen (secondary N) is 1. The van der Waals surface area contributed by atoms with Gasteiger partial charge in [-0.05, 0) is 32.4 Å². The number of nitrogens with zero attached hydrogens (tertiary/aromatic N) is 2. The van der Waals surface area contributed by atoms with Gasteiger partial charge in [0.05, 0.1) is 0 Å². The van der Waals surface area contributed by atoms with Crippen LogP contribution in [0.3, 0.4) is 0 Å². The second-order valence-electron chi connectivity index (χ2n) is 6.61. The quantitative estimate of drug-likeness (QED) is 0.702. The van der Waals surface area contributed by atoms with Gasteiger partial charge in [0.2, 0.25) is 5.91 Å². The summed E-state index contributed by atoms with van der Waals surface area (Å²) in [5.74, 6) is 0.109. The summed E-state index contributed by atoms with van der Waals surface area (Å²) >= 11 is 0. The Morgan fingerprint density at radius 2 is 1.65 bits per heavy atom. The second-order valence-corrected chi connectivity index (χ2v) is 6.61. The summed E-state index contributed by atoms with van der Waals surface area (Å²) in [5.41, 5.74) is 6.98. The van der Waals surface area contributed by atoms with Crippen LogP contribution in [0.15, 0.2) is 30.3 Å². The number of hydrogen-bond acceptors (Lipinski definition) is 4. The summed E-state index contributed by atoms with van der Waals surface area (Å²) < 4.78 is 0. The summed E-state index contributed by atoms with van der Waals surface area (Å²) in [5, 5.41) is 3.08. The van der Waals surface area contributed by atoms with Crippen LogP contribution >= 0.6 is 37.2 Å². The van der Waals surface area contributed by atoms with Crippen molar-refractivity contribution in [2.75, 3.05) is 37.6 Å². The molecule has 2 atom stereocenters. The van der Waals surface area contributed by atoms with E-state index in [9.17, 15) is 4.79 Å². The van der Waals surface area contributed by atoms with Gasteiger partial charge in [-0.25, -0.2) is 0 Å². The molecule has 1 heterocycles. The normalized spacial score (nSPS) is 16.3. The maximum atomic E-state index is 11.8. The molecular weight excluding hydrogens is 395 g/mol. The van der Waals surface area contributed by atoms with E-state index in [1.54, 1.807) is 0 Å². The maximum absolute atomic E-state index is 11.8. The van der Waals surface area contributed by atoms with E-state index >= 15 is 0 Å². The largest absolute Gasteiger partial charge is 0.369 e. The fourth-order valence-electron chi connectivity index (χ4n) is 2.97. The molecule has 1 fully saturated rings. The van der Waals surface area contributed by atoms with Gasteiger partial charge in [-0.2, -0.15) is 0 Å². The van der Waals surface area contributed by atoms with Crippen LogP contribution in [0.5, 0.6) is 0 Å². The lowest BCUT2D eigenvalue weighted by Crippen LogP contribution is -2.50. The molecule has 0 bridgehead atoms. The van der Waals surface area contributed by atoms with Gasteiger partial charge in [0.25, 0.3) is 0 Å². The van der Waals surface area contributed by atoms with E-state index in [2.05, 4.69) is 52.4 Å². The highest BCUT2D eigenvalue weighted by atomic mass is 35.5. The number of halogens is 3. The number of amides is 1. The number of anilines is 1. The molecule has 1 aliphatic heterocycles. The Labute approximate surface area is 176 Å². The molecule has 1 amide bonds. The third kappa shape index (κ3) is 9.83. The summed E-state index contributed by atoms with van der Waals surface area (Å²) in [7, 11) is 0. The van der Waals surface area contributed by atoms with Crippen molar-refractivity contribution < 1.29 is 4.79 Å². The summed E-state index contributed by atoms with van der Waals surface area (Å²) in [6.45, 7) is 9.07. The Morgan fingerprint density at radius 1 is 1.08 bits per heavy atom. The maximum Gasteiger partial charge on any atom is 0.220 e. The van der Waals surface area contributed by atoms with E-state index in [0.29, 0.717) is 6.42 Å². The molecule has 0 spiro atoms. The zero-order chi connectivity index (χ0) is 16.7. The molecule has 0 aromatic heterocycles. The summed E-state index contributed by atoms with van der Waals surface area (Å²) in [6, 6.07) is 10.8. The second kappa shape index (κ2) is 14.4. The monoisotopic (exact) mass is 426 g/mol. The van der Waals surface area contributed by atoms with Crippen LogP contribution in [0, 0.1) is 0 Å². The molecule has 1 aromatic rings. The molecule has 2 unspecified atom stereocenters. The standard InChI is InChI=1S/C18H30N4O.3ClH/c1-15(19)8-9-18(23)20-16(2)14-21-10-12-22(13-11-21)17-6-4-3-5-7-17;;;/h3-7,15-16H,8-14,19H2,1-2H3,(H,20,23);3*1H. The van der Waals surface area contributed by atoms with Gasteiger partial charge in [-0.15, -0.1) is 37.2 Å². The molecule has 0 saturated carbocycles. The van der Waals surface area contributed by atoms with E-state index in [1.807, 2.05) is 6.92 Å². The first-order chi connectivity index (χ1) is 11.0. The first-order valence-electron chi connectivity index (χ1n) is 8.62. The predicted octanol–water partition coefficient (Wildman–Crippen LogP) is 2.71. The highest BCUT2D eigenvalue weighted by Crippen LogP contribution is 2.15. The lowest BCUT2D eigenvalue weighted by Gasteiger charge is -2.37. The number of carbonyl (C=O) groups excluding carboxylic acids is 1. The number of para-hydroxylation sites is 1. The van der Waals surface area contributed by atoms with E-state index in [0.717, 1.165) is 39.1 Å². The van der Waals surface area contributed by atoms with Gasteiger partial charge in [0.15, 0.2) is 0 Å². The van der Waals surface area contributed by atoms with Crippen LogP contribution in [-0.2, 0) is 4.79 Å². The zero-order valence-corrected chi connectivity index (χ0v) is 18.0. The minimum atomic E-state index is 0. The molecule has 152 valence electrons. The van der Waals surface area contributed by atoms with Crippen LogP contribution < -0.4 is 16.0 Å². The average molecular weight is 428 g/mol. The molecular formula is C18H33Cl3N4O. The first kappa shape index (κ1) is 27.5. The summed E-state index contributed by atoms with van der Waals surface area (Å²) in [4.78, 5) is 16.7. The molecule has 1 aliphatic rings. The van der Waals surface area contributed by atoms with Gasteiger partial charge in [0.1, 0.15) is 0 Å². The number of rotatable bonds is 7. The third-order valence-corrected chi connectivity index (χ3v) is 4.26. The number of hydrogen-bond donors (Lipinski definition) is 2. The molecule has 8 heteroatoms. The van der Waals surface area contributed by atoms with Crippen molar-refractivity contribution in [3.63, 3.8) is 0 Å². The van der Waals surface area contributed by atoms with Gasteiger partial charge in [-0.1, -0.05) is 18.2 Å². The number of carbonyl (C=O) groups is 1. The molecule has 0 radical (unpaired) electrons. The predicted molar refractivity (Wildman–Crippen MR) is 117 cm³/mol. The average Bonchev–Trinajstić information content (AvgIpc) is 2.54. The Hall–Kier alpha value is -0.720. The highest BCUT2D eigenvalue weighted by Gasteiger charge is 2.19. The Morgan fingerprint density at radius 3 is 2.19 bits per heavy atom. The third-order valence-electron chi connectivity index (χ3n) is 4.26. The topological polar surface area (TPSA) is 61.6 Å². The SMILES string of the molecule is CC(N)CCC(=O)NC(C)CN1CCN(c2ccccc2)CC1.Cl.Cl.Cl. The van der Waals surface area contributed by atoms with Crippen molar-refractivity contribution in [3.05, 3.63) is 30.3 Å². The molecule has 5 nitrogen and oxygen atoms in total. The van der Waals surface area contributed by atoms with E-state index < -0.39 is 0 Å².